The number of benzene rings is 2. The number of halogens is 1. The largest absolute Gasteiger partial charge is 0.394 e. The lowest BCUT2D eigenvalue weighted by molar-refractivity contribution is 0.0916. The van der Waals surface area contributed by atoms with Gasteiger partial charge in [0.15, 0.2) is 0 Å². The normalized spacial score (nSPS) is 11.9. The molecule has 0 saturated heterocycles. The van der Waals surface area contributed by atoms with Crippen LogP contribution in [0.4, 0.5) is 0 Å². The van der Waals surface area contributed by atoms with E-state index in [9.17, 15) is 9.90 Å². The highest BCUT2D eigenvalue weighted by Crippen LogP contribution is 2.14. The second kappa shape index (κ2) is 6.36. The van der Waals surface area contributed by atoms with E-state index in [2.05, 4.69) is 5.32 Å². The van der Waals surface area contributed by atoms with E-state index in [0.29, 0.717) is 10.6 Å². The molecule has 3 nitrogen and oxygen atoms in total. The smallest absolute Gasteiger partial charge is 0.251 e. The summed E-state index contributed by atoms with van der Waals surface area (Å²) in [6.45, 7) is -0.156. The van der Waals surface area contributed by atoms with Crippen LogP contribution in [0.15, 0.2) is 54.6 Å². The fourth-order valence-electron chi connectivity index (χ4n) is 1.79. The van der Waals surface area contributed by atoms with Crippen molar-refractivity contribution >= 4 is 17.5 Å². The van der Waals surface area contributed by atoms with Crippen molar-refractivity contribution < 1.29 is 9.90 Å². The fourth-order valence-corrected chi connectivity index (χ4v) is 1.98. The van der Waals surface area contributed by atoms with E-state index in [-0.39, 0.29) is 12.5 Å². The van der Waals surface area contributed by atoms with Crippen molar-refractivity contribution in [2.45, 2.75) is 6.04 Å². The first-order chi connectivity index (χ1) is 9.20. The summed E-state index contributed by atoms with van der Waals surface area (Å²) < 4.78 is 0. The van der Waals surface area contributed by atoms with Gasteiger partial charge in [-0.05, 0) is 23.8 Å². The van der Waals surface area contributed by atoms with Crippen LogP contribution in [0, 0.1) is 0 Å². The third-order valence-corrected chi connectivity index (χ3v) is 3.01. The van der Waals surface area contributed by atoms with E-state index >= 15 is 0 Å². The molecule has 2 aromatic rings. The highest BCUT2D eigenvalue weighted by molar-refractivity contribution is 6.30. The van der Waals surface area contributed by atoms with Gasteiger partial charge in [-0.1, -0.05) is 48.0 Å². The average Bonchev–Trinajstić information content (AvgIpc) is 2.45. The van der Waals surface area contributed by atoms with Crippen molar-refractivity contribution in [3.63, 3.8) is 0 Å². The summed E-state index contributed by atoms with van der Waals surface area (Å²) >= 11 is 5.85. The number of hydrogen-bond acceptors (Lipinski definition) is 2. The Morgan fingerprint density at radius 2 is 1.89 bits per heavy atom. The summed E-state index contributed by atoms with van der Waals surface area (Å²) in [4.78, 5) is 12.1. The number of amides is 1. The fraction of sp³-hybridized carbons (Fsp3) is 0.133. The second-order valence-corrected chi connectivity index (χ2v) is 4.57. The Kier molecular flexibility index (Phi) is 4.55. The zero-order valence-electron chi connectivity index (χ0n) is 10.2. The predicted molar refractivity (Wildman–Crippen MR) is 75.2 cm³/mol. The molecule has 1 amide bonds. The third-order valence-electron chi connectivity index (χ3n) is 2.78. The molecule has 0 saturated carbocycles. The Morgan fingerprint density at radius 1 is 1.16 bits per heavy atom. The predicted octanol–water partition coefficient (Wildman–Crippen LogP) is 2.80. The van der Waals surface area contributed by atoms with Crippen LogP contribution in [-0.4, -0.2) is 17.6 Å². The number of hydrogen-bond donors (Lipinski definition) is 2. The van der Waals surface area contributed by atoms with Gasteiger partial charge in [-0.2, -0.15) is 0 Å². The Hall–Kier alpha value is -1.84. The number of aliphatic hydroxyl groups is 1. The molecule has 0 aliphatic carbocycles. The lowest BCUT2D eigenvalue weighted by Crippen LogP contribution is -2.30. The van der Waals surface area contributed by atoms with Gasteiger partial charge in [0.2, 0.25) is 0 Å². The van der Waals surface area contributed by atoms with Crippen LogP contribution in [0.1, 0.15) is 22.0 Å². The lowest BCUT2D eigenvalue weighted by atomic mass is 10.1. The SMILES string of the molecule is O=C(N[C@H](CO)c1ccccc1)c1cccc(Cl)c1. The van der Waals surface area contributed by atoms with Crippen molar-refractivity contribution in [1.82, 2.24) is 5.32 Å². The molecule has 2 aromatic carbocycles. The van der Waals surface area contributed by atoms with E-state index < -0.39 is 6.04 Å². The number of carbonyl (C=O) groups is 1. The first kappa shape index (κ1) is 13.6. The van der Waals surface area contributed by atoms with Crippen LogP contribution in [0.25, 0.3) is 0 Å². The quantitative estimate of drug-likeness (QED) is 0.901. The molecule has 2 rings (SSSR count). The van der Waals surface area contributed by atoms with Crippen LogP contribution in [0.3, 0.4) is 0 Å². The van der Waals surface area contributed by atoms with E-state index in [1.165, 1.54) is 0 Å². The molecule has 98 valence electrons. The molecular formula is C15H14ClNO2. The molecule has 0 aliphatic rings. The van der Waals surface area contributed by atoms with Crippen molar-refractivity contribution in [3.8, 4) is 0 Å². The molecular weight excluding hydrogens is 262 g/mol. The van der Waals surface area contributed by atoms with E-state index in [1.807, 2.05) is 30.3 Å². The van der Waals surface area contributed by atoms with E-state index in [0.717, 1.165) is 5.56 Å². The van der Waals surface area contributed by atoms with Crippen LogP contribution in [0.2, 0.25) is 5.02 Å². The topological polar surface area (TPSA) is 49.3 Å². The molecule has 19 heavy (non-hydrogen) atoms. The summed E-state index contributed by atoms with van der Waals surface area (Å²) in [5, 5.41) is 12.7. The highest BCUT2D eigenvalue weighted by atomic mass is 35.5. The Bertz CT molecular complexity index is 557. The Labute approximate surface area is 116 Å². The second-order valence-electron chi connectivity index (χ2n) is 4.13. The minimum absolute atomic E-state index is 0.156. The van der Waals surface area contributed by atoms with Crippen molar-refractivity contribution in [2.24, 2.45) is 0 Å². The molecule has 0 heterocycles. The van der Waals surface area contributed by atoms with Gasteiger partial charge in [0.1, 0.15) is 0 Å². The van der Waals surface area contributed by atoms with Gasteiger partial charge >= 0.3 is 0 Å². The Balaban J connectivity index is 2.13. The first-order valence-corrected chi connectivity index (χ1v) is 6.30. The standard InChI is InChI=1S/C15H14ClNO2/c16-13-8-4-7-12(9-13)15(19)17-14(10-18)11-5-2-1-3-6-11/h1-9,14,18H,10H2,(H,17,19)/t14-/m1/s1. The van der Waals surface area contributed by atoms with E-state index in [1.54, 1.807) is 24.3 Å². The molecule has 0 spiro atoms. The lowest BCUT2D eigenvalue weighted by Gasteiger charge is -2.16. The Morgan fingerprint density at radius 3 is 2.53 bits per heavy atom. The van der Waals surface area contributed by atoms with Crippen LogP contribution in [-0.2, 0) is 0 Å². The summed E-state index contributed by atoms with van der Waals surface area (Å²) in [7, 11) is 0. The number of carbonyl (C=O) groups excluding carboxylic acids is 1. The van der Waals surface area contributed by atoms with Gasteiger partial charge in [0, 0.05) is 10.6 Å². The third kappa shape index (κ3) is 3.56. The zero-order valence-corrected chi connectivity index (χ0v) is 11.0. The van der Waals surface area contributed by atoms with Gasteiger partial charge in [-0.25, -0.2) is 0 Å². The van der Waals surface area contributed by atoms with Gasteiger partial charge in [0.25, 0.3) is 5.91 Å². The van der Waals surface area contributed by atoms with Crippen molar-refractivity contribution in [1.29, 1.82) is 0 Å². The number of rotatable bonds is 4. The van der Waals surface area contributed by atoms with Gasteiger partial charge in [0.05, 0.1) is 12.6 Å². The average molecular weight is 276 g/mol. The minimum atomic E-state index is -0.423. The van der Waals surface area contributed by atoms with E-state index in [4.69, 9.17) is 11.6 Å². The number of aliphatic hydroxyl groups excluding tert-OH is 1. The summed E-state index contributed by atoms with van der Waals surface area (Å²) in [5.74, 6) is -0.259. The first-order valence-electron chi connectivity index (χ1n) is 5.93. The summed E-state index contributed by atoms with van der Waals surface area (Å²) in [6.07, 6.45) is 0. The number of nitrogens with one attached hydrogen (secondary N) is 1. The van der Waals surface area contributed by atoms with Crippen LogP contribution >= 0.6 is 11.6 Å². The summed E-state index contributed by atoms with van der Waals surface area (Å²) in [6, 6.07) is 15.6. The molecule has 0 bridgehead atoms. The molecule has 1 atom stereocenters. The molecule has 2 N–H and O–H groups in total. The molecule has 0 aromatic heterocycles. The van der Waals surface area contributed by atoms with Crippen molar-refractivity contribution in [2.75, 3.05) is 6.61 Å². The zero-order chi connectivity index (χ0) is 13.7. The van der Waals surface area contributed by atoms with Crippen LogP contribution < -0.4 is 5.32 Å². The van der Waals surface area contributed by atoms with Crippen molar-refractivity contribution in [3.05, 3.63) is 70.7 Å². The maximum Gasteiger partial charge on any atom is 0.251 e. The molecule has 0 unspecified atom stereocenters. The molecule has 0 radical (unpaired) electrons. The molecule has 0 aliphatic heterocycles. The minimum Gasteiger partial charge on any atom is -0.394 e. The van der Waals surface area contributed by atoms with Gasteiger partial charge in [-0.15, -0.1) is 0 Å². The van der Waals surface area contributed by atoms with Gasteiger partial charge in [-0.3, -0.25) is 4.79 Å². The maximum absolute atomic E-state index is 12.1. The summed E-state index contributed by atoms with van der Waals surface area (Å²) in [5.41, 5.74) is 1.34. The van der Waals surface area contributed by atoms with Crippen LogP contribution in [0.5, 0.6) is 0 Å². The molecule has 4 heteroatoms. The maximum atomic E-state index is 12.1. The van der Waals surface area contributed by atoms with Gasteiger partial charge < -0.3 is 10.4 Å². The molecule has 0 fully saturated rings. The monoisotopic (exact) mass is 275 g/mol. The highest BCUT2D eigenvalue weighted by Gasteiger charge is 2.14.